The first-order valence-corrected chi connectivity index (χ1v) is 5.36. The summed E-state index contributed by atoms with van der Waals surface area (Å²) >= 11 is 0. The highest BCUT2D eigenvalue weighted by molar-refractivity contribution is 5.93. The maximum atomic E-state index is 12.5. The number of carbonyl (C=O) groups is 1. The van der Waals surface area contributed by atoms with Gasteiger partial charge in [-0.3, -0.25) is 4.98 Å². The molecule has 0 atom stereocenters. The molecule has 8 heteroatoms. The maximum absolute atomic E-state index is 12.5. The van der Waals surface area contributed by atoms with E-state index < -0.39 is 17.8 Å². The highest BCUT2D eigenvalue weighted by atomic mass is 19.4. The topological polar surface area (TPSA) is 75.1 Å². The average molecular weight is 283 g/mol. The number of halogens is 3. The van der Waals surface area contributed by atoms with Crippen molar-refractivity contribution in [2.45, 2.75) is 6.18 Å². The lowest BCUT2D eigenvalue weighted by atomic mass is 10.2. The quantitative estimate of drug-likeness (QED) is 0.905. The first kappa shape index (κ1) is 13.8. The zero-order chi connectivity index (χ0) is 14.8. The van der Waals surface area contributed by atoms with E-state index in [4.69, 9.17) is 5.11 Å². The number of carboxylic acids is 1. The van der Waals surface area contributed by atoms with Crippen LogP contribution in [0.5, 0.6) is 0 Å². The van der Waals surface area contributed by atoms with Crippen LogP contribution in [-0.2, 0) is 6.18 Å². The Morgan fingerprint density at radius 3 is 2.60 bits per heavy atom. The molecule has 2 aromatic rings. The molecule has 0 saturated heterocycles. The van der Waals surface area contributed by atoms with Crippen molar-refractivity contribution in [2.24, 2.45) is 0 Å². The van der Waals surface area contributed by atoms with Gasteiger partial charge in [-0.05, 0) is 24.3 Å². The van der Waals surface area contributed by atoms with Crippen molar-refractivity contribution in [3.63, 3.8) is 0 Å². The van der Waals surface area contributed by atoms with E-state index in [1.165, 1.54) is 24.4 Å². The molecule has 2 N–H and O–H groups in total. The van der Waals surface area contributed by atoms with Crippen LogP contribution >= 0.6 is 0 Å². The summed E-state index contributed by atoms with van der Waals surface area (Å²) in [6.45, 7) is 0. The minimum atomic E-state index is -4.57. The van der Waals surface area contributed by atoms with Gasteiger partial charge in [0.15, 0.2) is 0 Å². The smallest absolute Gasteiger partial charge is 0.433 e. The largest absolute Gasteiger partial charge is 0.478 e. The Bertz CT molecular complexity index is 644. The Labute approximate surface area is 111 Å². The van der Waals surface area contributed by atoms with Crippen LogP contribution in [0.4, 0.5) is 24.7 Å². The fraction of sp³-hybridized carbons (Fsp3) is 0.0833. The molecule has 0 aliphatic carbocycles. The van der Waals surface area contributed by atoms with Crippen LogP contribution in [0.25, 0.3) is 0 Å². The van der Waals surface area contributed by atoms with Gasteiger partial charge in [-0.25, -0.2) is 9.78 Å². The lowest BCUT2D eigenvalue weighted by Gasteiger charge is -2.10. The van der Waals surface area contributed by atoms with Gasteiger partial charge in [0, 0.05) is 18.1 Å². The normalized spacial score (nSPS) is 11.2. The lowest BCUT2D eigenvalue weighted by molar-refractivity contribution is -0.141. The second kappa shape index (κ2) is 5.16. The van der Waals surface area contributed by atoms with Gasteiger partial charge in [0.2, 0.25) is 0 Å². The summed E-state index contributed by atoms with van der Waals surface area (Å²) in [5.74, 6) is -1.27. The van der Waals surface area contributed by atoms with Crippen molar-refractivity contribution >= 4 is 17.5 Å². The van der Waals surface area contributed by atoms with Gasteiger partial charge < -0.3 is 10.4 Å². The Morgan fingerprint density at radius 1 is 1.20 bits per heavy atom. The number of rotatable bonds is 3. The van der Waals surface area contributed by atoms with Crippen molar-refractivity contribution < 1.29 is 23.1 Å². The predicted molar refractivity (Wildman–Crippen MR) is 63.7 cm³/mol. The maximum Gasteiger partial charge on any atom is 0.433 e. The molecule has 0 aliphatic rings. The zero-order valence-electron chi connectivity index (χ0n) is 9.85. The summed E-state index contributed by atoms with van der Waals surface area (Å²) in [6, 6.07) is 4.78. The third-order valence-corrected chi connectivity index (χ3v) is 2.35. The fourth-order valence-corrected chi connectivity index (χ4v) is 1.48. The third kappa shape index (κ3) is 3.02. The van der Waals surface area contributed by atoms with Crippen molar-refractivity contribution in [2.75, 3.05) is 5.32 Å². The number of aromatic carboxylic acids is 1. The number of nitrogens with one attached hydrogen (secondary N) is 1. The Balaban J connectivity index is 2.34. The molecule has 0 spiro atoms. The Hall–Kier alpha value is -2.64. The third-order valence-electron chi connectivity index (χ3n) is 2.35. The SMILES string of the molecule is O=C(O)c1cccnc1Nc1ccnc(C(F)(F)F)c1. The van der Waals surface area contributed by atoms with E-state index in [-0.39, 0.29) is 17.1 Å². The van der Waals surface area contributed by atoms with E-state index in [2.05, 4.69) is 15.3 Å². The molecule has 5 nitrogen and oxygen atoms in total. The highest BCUT2D eigenvalue weighted by Crippen LogP contribution is 2.29. The van der Waals surface area contributed by atoms with E-state index in [1.807, 2.05) is 0 Å². The molecule has 20 heavy (non-hydrogen) atoms. The summed E-state index contributed by atoms with van der Waals surface area (Å²) in [5.41, 5.74) is -1.17. The molecule has 0 amide bonds. The van der Waals surface area contributed by atoms with Crippen LogP contribution in [0.1, 0.15) is 16.1 Å². The Kier molecular flexibility index (Phi) is 3.55. The number of anilines is 2. The van der Waals surface area contributed by atoms with E-state index in [0.717, 1.165) is 12.3 Å². The van der Waals surface area contributed by atoms with Gasteiger partial charge in [0.1, 0.15) is 17.1 Å². The van der Waals surface area contributed by atoms with Gasteiger partial charge in [-0.1, -0.05) is 0 Å². The second-order valence-corrected chi connectivity index (χ2v) is 3.76. The van der Waals surface area contributed by atoms with Crippen LogP contribution in [0.2, 0.25) is 0 Å². The highest BCUT2D eigenvalue weighted by Gasteiger charge is 2.32. The van der Waals surface area contributed by atoms with Crippen molar-refractivity contribution in [3.05, 3.63) is 47.9 Å². The Morgan fingerprint density at radius 2 is 1.95 bits per heavy atom. The fourth-order valence-electron chi connectivity index (χ4n) is 1.48. The minimum absolute atomic E-state index is 0.0423. The molecule has 0 saturated carbocycles. The molecule has 0 aliphatic heterocycles. The number of pyridine rings is 2. The summed E-state index contributed by atoms with van der Waals surface area (Å²) in [7, 11) is 0. The number of nitrogens with zero attached hydrogens (tertiary/aromatic N) is 2. The first-order valence-electron chi connectivity index (χ1n) is 5.36. The van der Waals surface area contributed by atoms with Crippen LogP contribution in [0.15, 0.2) is 36.7 Å². The summed E-state index contributed by atoms with van der Waals surface area (Å²) in [5, 5.41) is 11.5. The molecule has 0 aromatic carbocycles. The molecular weight excluding hydrogens is 275 g/mol. The average Bonchev–Trinajstić information content (AvgIpc) is 2.38. The van der Waals surface area contributed by atoms with Crippen molar-refractivity contribution in [3.8, 4) is 0 Å². The van der Waals surface area contributed by atoms with Crippen LogP contribution in [-0.4, -0.2) is 21.0 Å². The number of hydrogen-bond donors (Lipinski definition) is 2. The molecule has 104 valence electrons. The molecular formula is C12H8F3N3O2. The monoisotopic (exact) mass is 283 g/mol. The molecule has 2 rings (SSSR count). The predicted octanol–water partition coefficient (Wildman–Crippen LogP) is 2.94. The number of carboxylic acid groups (broad SMARTS) is 1. The summed E-state index contributed by atoms with van der Waals surface area (Å²) in [4.78, 5) is 18.0. The van der Waals surface area contributed by atoms with E-state index >= 15 is 0 Å². The number of aromatic nitrogens is 2. The van der Waals surface area contributed by atoms with E-state index in [1.54, 1.807) is 0 Å². The van der Waals surface area contributed by atoms with Crippen molar-refractivity contribution in [1.29, 1.82) is 0 Å². The molecule has 0 bridgehead atoms. The lowest BCUT2D eigenvalue weighted by Crippen LogP contribution is -2.09. The van der Waals surface area contributed by atoms with Crippen LogP contribution in [0.3, 0.4) is 0 Å². The van der Waals surface area contributed by atoms with Gasteiger partial charge in [0.25, 0.3) is 0 Å². The summed E-state index contributed by atoms with van der Waals surface area (Å²) < 4.78 is 37.5. The van der Waals surface area contributed by atoms with Crippen molar-refractivity contribution in [1.82, 2.24) is 9.97 Å². The molecule has 0 unspecified atom stereocenters. The zero-order valence-corrected chi connectivity index (χ0v) is 9.85. The molecule has 2 heterocycles. The van der Waals surface area contributed by atoms with E-state index in [0.29, 0.717) is 0 Å². The number of hydrogen-bond acceptors (Lipinski definition) is 4. The molecule has 0 radical (unpaired) electrons. The minimum Gasteiger partial charge on any atom is -0.478 e. The second-order valence-electron chi connectivity index (χ2n) is 3.76. The van der Waals surface area contributed by atoms with Gasteiger partial charge >= 0.3 is 12.1 Å². The molecule has 2 aromatic heterocycles. The first-order chi connectivity index (χ1) is 9.38. The van der Waals surface area contributed by atoms with Crippen LogP contribution in [0, 0.1) is 0 Å². The summed E-state index contributed by atoms with van der Waals surface area (Å²) in [6.07, 6.45) is -2.26. The van der Waals surface area contributed by atoms with Crippen LogP contribution < -0.4 is 5.32 Å². The van der Waals surface area contributed by atoms with Gasteiger partial charge in [-0.2, -0.15) is 13.2 Å². The van der Waals surface area contributed by atoms with Gasteiger partial charge in [-0.15, -0.1) is 0 Å². The van der Waals surface area contributed by atoms with Gasteiger partial charge in [0.05, 0.1) is 0 Å². The molecule has 0 fully saturated rings. The van der Waals surface area contributed by atoms with E-state index in [9.17, 15) is 18.0 Å². The number of alkyl halides is 3. The standard InChI is InChI=1S/C12H8F3N3O2/c13-12(14,15)9-6-7(3-5-16-9)18-10-8(11(19)20)2-1-4-17-10/h1-6H,(H,19,20)(H,16,17,18).